The molecule has 2 aliphatic heterocycles. The molecular formula is C33H35N3O6. The summed E-state index contributed by atoms with van der Waals surface area (Å²) in [7, 11) is 0. The number of carbonyl (C=O) groups excluding carboxylic acids is 4. The monoisotopic (exact) mass is 569 g/mol. The van der Waals surface area contributed by atoms with E-state index in [1.807, 2.05) is 0 Å². The lowest BCUT2D eigenvalue weighted by atomic mass is 9.85. The molecule has 2 heterocycles. The molecule has 4 amide bonds. The van der Waals surface area contributed by atoms with Crippen LogP contribution in [0.15, 0.2) is 48.5 Å². The Morgan fingerprint density at radius 2 is 1.05 bits per heavy atom. The number of amides is 4. The van der Waals surface area contributed by atoms with Gasteiger partial charge < -0.3 is 0 Å². The fourth-order valence-electron chi connectivity index (χ4n) is 6.20. The fourth-order valence-corrected chi connectivity index (χ4v) is 6.20. The maximum absolute atomic E-state index is 14.0. The van der Waals surface area contributed by atoms with Crippen LogP contribution in [0.4, 0.5) is 11.4 Å². The molecule has 3 aromatic rings. The number of nitro groups is 1. The number of benzene rings is 3. The van der Waals surface area contributed by atoms with Gasteiger partial charge in [0.15, 0.2) is 0 Å². The topological polar surface area (TPSA) is 118 Å². The summed E-state index contributed by atoms with van der Waals surface area (Å²) in [5.74, 6) is -2.00. The van der Waals surface area contributed by atoms with Crippen LogP contribution in [0.5, 0.6) is 0 Å². The van der Waals surface area contributed by atoms with E-state index in [9.17, 15) is 29.3 Å². The van der Waals surface area contributed by atoms with Gasteiger partial charge in [0.05, 0.1) is 10.6 Å². The molecule has 2 aliphatic rings. The predicted octanol–water partition coefficient (Wildman–Crippen LogP) is 7.45. The third kappa shape index (κ3) is 5.08. The van der Waals surface area contributed by atoms with E-state index in [0.717, 1.165) is 69.1 Å². The molecule has 0 saturated heterocycles. The van der Waals surface area contributed by atoms with Gasteiger partial charge in [0.2, 0.25) is 0 Å². The van der Waals surface area contributed by atoms with Gasteiger partial charge in [-0.15, -0.1) is 0 Å². The SMILES string of the molecule is CCCCCCC(CCCCCC)N1C(=O)c2ccc3c4c(ccc(c24)C1=O)C(=O)N(c1ccc([N+](=O)[O-])cc1)C3=O. The van der Waals surface area contributed by atoms with Crippen LogP contribution in [0, 0.1) is 10.1 Å². The van der Waals surface area contributed by atoms with Crippen LogP contribution in [0.1, 0.15) is 119 Å². The van der Waals surface area contributed by atoms with Crippen LogP contribution >= 0.6 is 0 Å². The first-order chi connectivity index (χ1) is 20.3. The minimum atomic E-state index is -0.614. The number of rotatable bonds is 13. The van der Waals surface area contributed by atoms with Crippen molar-refractivity contribution in [3.63, 3.8) is 0 Å². The van der Waals surface area contributed by atoms with Gasteiger partial charge in [-0.25, -0.2) is 4.90 Å². The molecule has 5 rings (SSSR count). The summed E-state index contributed by atoms with van der Waals surface area (Å²) in [6.07, 6.45) is 9.88. The van der Waals surface area contributed by atoms with Crippen LogP contribution in [0.3, 0.4) is 0 Å². The van der Waals surface area contributed by atoms with E-state index in [-0.39, 0.29) is 40.4 Å². The van der Waals surface area contributed by atoms with E-state index in [4.69, 9.17) is 0 Å². The van der Waals surface area contributed by atoms with Crippen molar-refractivity contribution in [3.05, 3.63) is 80.9 Å². The third-order valence-electron chi connectivity index (χ3n) is 8.39. The number of unbranched alkanes of at least 4 members (excludes halogenated alkanes) is 6. The highest BCUT2D eigenvalue weighted by Gasteiger charge is 2.42. The molecule has 218 valence electrons. The van der Waals surface area contributed by atoms with Crippen molar-refractivity contribution >= 4 is 45.8 Å². The van der Waals surface area contributed by atoms with Gasteiger partial charge >= 0.3 is 0 Å². The van der Waals surface area contributed by atoms with Crippen molar-refractivity contribution < 1.29 is 24.1 Å². The molecule has 0 aliphatic carbocycles. The minimum Gasteiger partial charge on any atom is -0.271 e. The van der Waals surface area contributed by atoms with Crippen LogP contribution in [0.2, 0.25) is 0 Å². The number of non-ortho nitro benzene ring substituents is 1. The third-order valence-corrected chi connectivity index (χ3v) is 8.39. The highest BCUT2D eigenvalue weighted by atomic mass is 16.6. The highest BCUT2D eigenvalue weighted by Crippen LogP contribution is 2.40. The summed E-state index contributed by atoms with van der Waals surface area (Å²) < 4.78 is 0. The zero-order chi connectivity index (χ0) is 30.0. The van der Waals surface area contributed by atoms with Gasteiger partial charge in [-0.2, -0.15) is 0 Å². The Morgan fingerprint density at radius 1 is 0.619 bits per heavy atom. The minimum absolute atomic E-state index is 0.162. The number of carbonyl (C=O) groups is 4. The van der Waals surface area contributed by atoms with Crippen molar-refractivity contribution in [1.82, 2.24) is 4.90 Å². The molecule has 0 N–H and O–H groups in total. The Hall–Kier alpha value is -4.40. The molecule has 0 unspecified atom stereocenters. The number of hydrogen-bond acceptors (Lipinski definition) is 6. The van der Waals surface area contributed by atoms with Gasteiger partial charge in [-0.3, -0.25) is 34.2 Å². The average Bonchev–Trinajstić information content (AvgIpc) is 2.99. The number of anilines is 1. The lowest BCUT2D eigenvalue weighted by Crippen LogP contribution is -2.48. The van der Waals surface area contributed by atoms with Gasteiger partial charge in [0.1, 0.15) is 0 Å². The normalized spacial score (nSPS) is 14.5. The summed E-state index contributed by atoms with van der Waals surface area (Å²) in [5.41, 5.74) is 1.08. The number of nitro benzene ring substituents is 1. The standard InChI is InChI=1S/C33H35N3O6/c1-3-5-7-9-11-21(12-10-8-6-4-2)34-30(37)24-17-19-26-29-27(20-18-25(28(24)29)31(34)38)33(40)35(32(26)39)22-13-15-23(16-14-22)36(41)42/h13-21H,3-12H2,1-2H3. The molecule has 0 bridgehead atoms. The lowest BCUT2D eigenvalue weighted by molar-refractivity contribution is -0.384. The molecule has 0 saturated carbocycles. The fraction of sp³-hybridized carbons (Fsp3) is 0.394. The van der Waals surface area contributed by atoms with E-state index in [1.54, 1.807) is 24.3 Å². The van der Waals surface area contributed by atoms with Crippen molar-refractivity contribution in [3.8, 4) is 0 Å². The molecule has 3 aromatic carbocycles. The Balaban J connectivity index is 1.52. The first-order valence-electron chi connectivity index (χ1n) is 14.9. The average molecular weight is 570 g/mol. The summed E-state index contributed by atoms with van der Waals surface area (Å²) in [6.45, 7) is 4.30. The molecule has 42 heavy (non-hydrogen) atoms. The second-order valence-electron chi connectivity index (χ2n) is 11.1. The predicted molar refractivity (Wildman–Crippen MR) is 160 cm³/mol. The number of imide groups is 2. The zero-order valence-electron chi connectivity index (χ0n) is 24.1. The maximum atomic E-state index is 14.0. The van der Waals surface area contributed by atoms with Crippen LogP contribution in [-0.4, -0.2) is 39.5 Å². The first-order valence-corrected chi connectivity index (χ1v) is 14.9. The Kier molecular flexibility index (Phi) is 8.47. The number of hydrogen-bond donors (Lipinski definition) is 0. The summed E-state index contributed by atoms with van der Waals surface area (Å²) in [5, 5.41) is 11.7. The molecule has 0 atom stereocenters. The molecule has 0 radical (unpaired) electrons. The molecule has 9 heteroatoms. The lowest BCUT2D eigenvalue weighted by Gasteiger charge is -2.36. The van der Waals surface area contributed by atoms with Crippen LogP contribution < -0.4 is 4.90 Å². The summed E-state index contributed by atoms with van der Waals surface area (Å²) >= 11 is 0. The second-order valence-corrected chi connectivity index (χ2v) is 11.1. The molecule has 9 nitrogen and oxygen atoms in total. The first kappa shape index (κ1) is 29.1. The zero-order valence-corrected chi connectivity index (χ0v) is 24.1. The Labute approximate surface area is 244 Å². The van der Waals surface area contributed by atoms with Crippen molar-refractivity contribution in [2.75, 3.05) is 4.90 Å². The van der Waals surface area contributed by atoms with E-state index < -0.39 is 16.7 Å². The van der Waals surface area contributed by atoms with E-state index in [0.29, 0.717) is 21.9 Å². The van der Waals surface area contributed by atoms with Gasteiger partial charge in [0.25, 0.3) is 29.3 Å². The number of nitrogens with zero attached hydrogens (tertiary/aromatic N) is 3. The summed E-state index contributed by atoms with van der Waals surface area (Å²) in [4.78, 5) is 68.1. The van der Waals surface area contributed by atoms with Crippen LogP contribution in [-0.2, 0) is 0 Å². The molecule has 0 fully saturated rings. The summed E-state index contributed by atoms with van der Waals surface area (Å²) in [6, 6.07) is 11.2. The van der Waals surface area contributed by atoms with Gasteiger partial charge in [-0.05, 0) is 49.2 Å². The van der Waals surface area contributed by atoms with E-state index in [2.05, 4.69) is 13.8 Å². The largest absolute Gasteiger partial charge is 0.271 e. The quantitative estimate of drug-likeness (QED) is 0.0913. The Bertz CT molecular complexity index is 1500. The second kappa shape index (κ2) is 12.2. The smallest absolute Gasteiger partial charge is 0.269 e. The van der Waals surface area contributed by atoms with Crippen molar-refractivity contribution in [2.24, 2.45) is 0 Å². The van der Waals surface area contributed by atoms with Crippen molar-refractivity contribution in [1.29, 1.82) is 0 Å². The Morgan fingerprint density at radius 3 is 1.45 bits per heavy atom. The van der Waals surface area contributed by atoms with E-state index in [1.165, 1.54) is 29.2 Å². The van der Waals surface area contributed by atoms with Gasteiger partial charge in [0, 0.05) is 51.2 Å². The van der Waals surface area contributed by atoms with Crippen LogP contribution in [0.25, 0.3) is 10.8 Å². The molecule has 0 spiro atoms. The molecule has 0 aromatic heterocycles. The maximum Gasteiger partial charge on any atom is 0.269 e. The molecular weight excluding hydrogens is 534 g/mol. The van der Waals surface area contributed by atoms with E-state index >= 15 is 0 Å². The van der Waals surface area contributed by atoms with Gasteiger partial charge in [-0.1, -0.05) is 65.2 Å². The highest BCUT2D eigenvalue weighted by molar-refractivity contribution is 6.39. The van der Waals surface area contributed by atoms with Crippen molar-refractivity contribution in [2.45, 2.75) is 84.1 Å².